The van der Waals surface area contributed by atoms with Gasteiger partial charge in [-0.2, -0.15) is 0 Å². The number of nitrogens with zero attached hydrogens (tertiary/aromatic N) is 2. The summed E-state index contributed by atoms with van der Waals surface area (Å²) < 4.78 is 0. The van der Waals surface area contributed by atoms with Crippen LogP contribution in [0.25, 0.3) is 0 Å². The van der Waals surface area contributed by atoms with Crippen molar-refractivity contribution in [3.05, 3.63) is 35.9 Å². The molecule has 4 saturated carbocycles. The molecule has 4 bridgehead atoms. The molecule has 1 unspecified atom stereocenters. The lowest BCUT2D eigenvalue weighted by Crippen LogP contribution is -2.57. The first kappa shape index (κ1) is 18.2. The summed E-state index contributed by atoms with van der Waals surface area (Å²) in [6, 6.07) is 9.86. The molecule has 150 valence electrons. The largest absolute Gasteiger partial charge is 0.340 e. The van der Waals surface area contributed by atoms with Crippen molar-refractivity contribution in [1.29, 1.82) is 0 Å². The van der Waals surface area contributed by atoms with Crippen LogP contribution in [0.1, 0.15) is 56.9 Å². The maximum Gasteiger partial charge on any atom is 0.245 e. The number of carbonyl (C=O) groups is 2. The minimum Gasteiger partial charge on any atom is -0.340 e. The quantitative estimate of drug-likeness (QED) is 0.796. The summed E-state index contributed by atoms with van der Waals surface area (Å²) in [4.78, 5) is 30.8. The van der Waals surface area contributed by atoms with E-state index in [1.807, 2.05) is 35.0 Å². The normalized spacial score (nSPS) is 36.0. The van der Waals surface area contributed by atoms with Crippen molar-refractivity contribution in [1.82, 2.24) is 9.80 Å². The topological polar surface area (TPSA) is 40.6 Å². The Balaban J connectivity index is 1.31. The molecule has 4 heteroatoms. The molecule has 1 aromatic rings. The standard InChI is InChI=1S/C24H32N2O2/c1-25(16-17-6-3-2-4-7-17)22(27)21-8-5-9-26(21)23(28)24-13-18-10-19(14-24)12-20(11-18)15-24/h2-4,6-7,18-21H,5,8-16H2,1H3. The maximum atomic E-state index is 13.7. The van der Waals surface area contributed by atoms with Crippen molar-refractivity contribution < 1.29 is 9.59 Å². The van der Waals surface area contributed by atoms with E-state index >= 15 is 0 Å². The highest BCUT2D eigenvalue weighted by Crippen LogP contribution is 2.60. The first-order valence-corrected chi connectivity index (χ1v) is 11.1. The zero-order valence-electron chi connectivity index (χ0n) is 17.0. The van der Waals surface area contributed by atoms with Crippen LogP contribution in [0.15, 0.2) is 30.3 Å². The van der Waals surface area contributed by atoms with Gasteiger partial charge in [0.15, 0.2) is 0 Å². The van der Waals surface area contributed by atoms with Crippen LogP contribution in [0, 0.1) is 23.2 Å². The zero-order valence-corrected chi connectivity index (χ0v) is 17.0. The molecular formula is C24H32N2O2. The van der Waals surface area contributed by atoms with Crippen LogP contribution in [0.3, 0.4) is 0 Å². The fraction of sp³-hybridized carbons (Fsp3) is 0.667. The van der Waals surface area contributed by atoms with E-state index in [9.17, 15) is 9.59 Å². The molecule has 5 fully saturated rings. The van der Waals surface area contributed by atoms with Gasteiger partial charge in [-0.3, -0.25) is 9.59 Å². The molecule has 1 saturated heterocycles. The van der Waals surface area contributed by atoms with Gasteiger partial charge in [0.25, 0.3) is 0 Å². The summed E-state index contributed by atoms with van der Waals surface area (Å²) in [6.07, 6.45) is 9.03. The monoisotopic (exact) mass is 380 g/mol. The van der Waals surface area contributed by atoms with E-state index in [4.69, 9.17) is 0 Å². The summed E-state index contributed by atoms with van der Waals surface area (Å²) in [5.41, 5.74) is 0.991. The van der Waals surface area contributed by atoms with E-state index < -0.39 is 0 Å². The Morgan fingerprint density at radius 1 is 1.04 bits per heavy atom. The minimum absolute atomic E-state index is 0.111. The van der Waals surface area contributed by atoms with Gasteiger partial charge in [0.05, 0.1) is 5.41 Å². The van der Waals surface area contributed by atoms with Gasteiger partial charge >= 0.3 is 0 Å². The second-order valence-electron chi connectivity index (χ2n) is 10.0. The molecule has 1 aromatic carbocycles. The van der Waals surface area contributed by atoms with Crippen LogP contribution < -0.4 is 0 Å². The first-order valence-electron chi connectivity index (χ1n) is 11.1. The summed E-state index contributed by atoms with van der Waals surface area (Å²) in [7, 11) is 1.88. The van der Waals surface area contributed by atoms with Crippen LogP contribution in [0.2, 0.25) is 0 Å². The van der Waals surface area contributed by atoms with Crippen LogP contribution in [-0.4, -0.2) is 41.2 Å². The Morgan fingerprint density at radius 3 is 2.25 bits per heavy atom. The summed E-state index contributed by atoms with van der Waals surface area (Å²) in [6.45, 7) is 1.37. The summed E-state index contributed by atoms with van der Waals surface area (Å²) >= 11 is 0. The van der Waals surface area contributed by atoms with Gasteiger partial charge in [0, 0.05) is 20.1 Å². The van der Waals surface area contributed by atoms with Gasteiger partial charge in [-0.25, -0.2) is 0 Å². The molecule has 1 aliphatic heterocycles. The van der Waals surface area contributed by atoms with E-state index in [1.165, 1.54) is 19.3 Å². The van der Waals surface area contributed by atoms with Crippen LogP contribution in [-0.2, 0) is 16.1 Å². The van der Waals surface area contributed by atoms with Gasteiger partial charge in [-0.05, 0) is 74.7 Å². The lowest BCUT2D eigenvalue weighted by atomic mass is 9.49. The number of rotatable bonds is 4. The Hall–Kier alpha value is -1.84. The SMILES string of the molecule is CN(Cc1ccccc1)C(=O)C1CCCN1C(=O)C12CC3CC(CC(C3)C1)C2. The second kappa shape index (κ2) is 6.89. The zero-order chi connectivity index (χ0) is 19.3. The van der Waals surface area contributed by atoms with Gasteiger partial charge in [-0.1, -0.05) is 30.3 Å². The molecule has 6 rings (SSSR count). The molecule has 4 nitrogen and oxygen atoms in total. The molecule has 4 aliphatic carbocycles. The Bertz CT molecular complexity index is 724. The van der Waals surface area contributed by atoms with Gasteiger partial charge in [-0.15, -0.1) is 0 Å². The molecule has 1 atom stereocenters. The van der Waals surface area contributed by atoms with Crippen molar-refractivity contribution in [2.24, 2.45) is 23.2 Å². The molecule has 0 N–H and O–H groups in total. The second-order valence-corrected chi connectivity index (χ2v) is 10.0. The van der Waals surface area contributed by atoms with Crippen molar-refractivity contribution in [3.63, 3.8) is 0 Å². The minimum atomic E-state index is -0.255. The van der Waals surface area contributed by atoms with Gasteiger partial charge in [0.1, 0.15) is 6.04 Å². The lowest BCUT2D eigenvalue weighted by Gasteiger charge is -2.56. The Morgan fingerprint density at radius 2 is 1.64 bits per heavy atom. The third-order valence-electron chi connectivity index (χ3n) is 7.93. The fourth-order valence-electron chi connectivity index (χ4n) is 7.13. The lowest BCUT2D eigenvalue weighted by molar-refractivity contribution is -0.161. The van der Waals surface area contributed by atoms with Crippen LogP contribution in [0.5, 0.6) is 0 Å². The molecule has 0 spiro atoms. The molecule has 28 heavy (non-hydrogen) atoms. The number of hydrogen-bond acceptors (Lipinski definition) is 2. The Labute approximate surface area is 168 Å². The summed E-state index contributed by atoms with van der Waals surface area (Å²) in [5.74, 6) is 2.70. The number of hydrogen-bond donors (Lipinski definition) is 0. The van der Waals surface area contributed by atoms with E-state index in [2.05, 4.69) is 12.1 Å². The van der Waals surface area contributed by atoms with Crippen molar-refractivity contribution in [2.75, 3.05) is 13.6 Å². The average molecular weight is 381 g/mol. The predicted octanol–water partition coefficient (Wildman–Crippen LogP) is 3.85. The summed E-state index contributed by atoms with van der Waals surface area (Å²) in [5, 5.41) is 0. The molecule has 2 amide bonds. The molecule has 0 radical (unpaired) electrons. The number of amides is 2. The maximum absolute atomic E-state index is 13.7. The number of likely N-dealkylation sites (N-methyl/N-ethyl adjacent to an activating group) is 1. The molecule has 0 aromatic heterocycles. The molecular weight excluding hydrogens is 348 g/mol. The third kappa shape index (κ3) is 3.05. The highest BCUT2D eigenvalue weighted by Gasteiger charge is 2.56. The number of carbonyl (C=O) groups excluding carboxylic acids is 2. The van der Waals surface area contributed by atoms with Crippen LogP contribution >= 0.6 is 0 Å². The number of likely N-dealkylation sites (tertiary alicyclic amines) is 1. The van der Waals surface area contributed by atoms with Gasteiger partial charge in [0.2, 0.25) is 11.8 Å². The predicted molar refractivity (Wildman–Crippen MR) is 108 cm³/mol. The highest BCUT2D eigenvalue weighted by atomic mass is 16.2. The van der Waals surface area contributed by atoms with E-state index in [-0.39, 0.29) is 17.4 Å². The van der Waals surface area contributed by atoms with Crippen LogP contribution in [0.4, 0.5) is 0 Å². The third-order valence-corrected chi connectivity index (χ3v) is 7.93. The van der Waals surface area contributed by atoms with Gasteiger partial charge < -0.3 is 9.80 Å². The highest BCUT2D eigenvalue weighted by molar-refractivity contribution is 5.91. The van der Waals surface area contributed by atoms with E-state index in [0.717, 1.165) is 62.0 Å². The fourth-order valence-corrected chi connectivity index (χ4v) is 7.13. The van der Waals surface area contributed by atoms with E-state index in [1.54, 1.807) is 0 Å². The van der Waals surface area contributed by atoms with Crippen molar-refractivity contribution >= 4 is 11.8 Å². The Kier molecular flexibility index (Phi) is 4.48. The first-order chi connectivity index (χ1) is 13.5. The smallest absolute Gasteiger partial charge is 0.245 e. The number of benzene rings is 1. The molecule has 5 aliphatic rings. The van der Waals surface area contributed by atoms with Crippen molar-refractivity contribution in [2.45, 2.75) is 64.0 Å². The van der Waals surface area contributed by atoms with E-state index in [0.29, 0.717) is 12.5 Å². The average Bonchev–Trinajstić information content (AvgIpc) is 3.16. The van der Waals surface area contributed by atoms with Crippen molar-refractivity contribution in [3.8, 4) is 0 Å². The molecule has 1 heterocycles.